The average Bonchev–Trinajstić information content (AvgIpc) is 2.84. The van der Waals surface area contributed by atoms with Gasteiger partial charge in [-0.15, -0.1) is 0 Å². The van der Waals surface area contributed by atoms with Gasteiger partial charge in [0.15, 0.2) is 0 Å². The van der Waals surface area contributed by atoms with Crippen LogP contribution in [0.15, 0.2) is 24.3 Å². The van der Waals surface area contributed by atoms with E-state index in [1.54, 1.807) is 41.1 Å². The van der Waals surface area contributed by atoms with E-state index in [9.17, 15) is 14.4 Å². The van der Waals surface area contributed by atoms with Crippen molar-refractivity contribution in [3.05, 3.63) is 29.8 Å². The molecule has 196 valence electrons. The highest BCUT2D eigenvalue weighted by molar-refractivity contribution is 5.91. The summed E-state index contributed by atoms with van der Waals surface area (Å²) in [6.45, 7) is 9.45. The maximum Gasteiger partial charge on any atom is 0.334 e. The van der Waals surface area contributed by atoms with Gasteiger partial charge in [-0.1, -0.05) is 39.8 Å². The maximum atomic E-state index is 13.3. The monoisotopic (exact) mass is 491 g/mol. The molecule has 2 aliphatic rings. The Morgan fingerprint density at radius 3 is 2.37 bits per heavy atom. The van der Waals surface area contributed by atoms with Crippen molar-refractivity contribution >= 4 is 17.8 Å². The van der Waals surface area contributed by atoms with Crippen LogP contribution in [0.25, 0.3) is 0 Å². The van der Waals surface area contributed by atoms with E-state index in [1.807, 2.05) is 52.0 Å². The van der Waals surface area contributed by atoms with Crippen LogP contribution in [0.3, 0.4) is 0 Å². The van der Waals surface area contributed by atoms with Crippen LogP contribution in [-0.4, -0.2) is 97.4 Å². The van der Waals surface area contributed by atoms with Gasteiger partial charge in [0, 0.05) is 27.2 Å². The van der Waals surface area contributed by atoms with Crippen LogP contribution in [0, 0.1) is 5.92 Å². The molecule has 2 heterocycles. The molecule has 35 heavy (non-hydrogen) atoms. The van der Waals surface area contributed by atoms with Crippen LogP contribution in [-0.2, 0) is 20.9 Å². The normalized spacial score (nSPS) is 20.4. The van der Waals surface area contributed by atoms with E-state index < -0.39 is 12.2 Å². The summed E-state index contributed by atoms with van der Waals surface area (Å²) in [5.41, 5.74) is 0.926. The number of piperazine rings is 1. The zero-order valence-corrected chi connectivity index (χ0v) is 22.1. The molecule has 0 bridgehead atoms. The lowest BCUT2D eigenvalue weighted by Gasteiger charge is -2.54. The first-order valence-electron chi connectivity index (χ1n) is 12.3. The molecule has 0 aromatic heterocycles. The van der Waals surface area contributed by atoms with Crippen LogP contribution >= 0.6 is 0 Å². The van der Waals surface area contributed by atoms with Crippen molar-refractivity contribution in [2.24, 2.45) is 5.92 Å². The summed E-state index contributed by atoms with van der Waals surface area (Å²) in [4.78, 5) is 42.8. The predicted molar refractivity (Wildman–Crippen MR) is 133 cm³/mol. The number of nitrogens with zero attached hydrogens (tertiary/aromatic N) is 4. The molecule has 4 amide bonds. The fraction of sp³-hybridized carbons (Fsp3) is 0.640. The van der Waals surface area contributed by atoms with Gasteiger partial charge in [-0.3, -0.25) is 9.59 Å². The first-order valence-corrected chi connectivity index (χ1v) is 12.3. The van der Waals surface area contributed by atoms with Crippen LogP contribution < -0.4 is 10.1 Å². The number of carbonyl (C=O) groups excluding carboxylic acids is 3. The molecule has 2 atom stereocenters. The smallest absolute Gasteiger partial charge is 0.334 e. The van der Waals surface area contributed by atoms with Crippen molar-refractivity contribution in [1.82, 2.24) is 25.1 Å². The molecule has 0 spiro atoms. The molecule has 2 aliphatic heterocycles. The lowest BCUT2D eigenvalue weighted by atomic mass is 9.97. The van der Waals surface area contributed by atoms with Crippen LogP contribution in [0.4, 0.5) is 4.79 Å². The summed E-state index contributed by atoms with van der Waals surface area (Å²) in [6, 6.07) is 6.54. The minimum Gasteiger partial charge on any atom is -0.497 e. The van der Waals surface area contributed by atoms with E-state index in [0.717, 1.165) is 11.3 Å². The highest BCUT2D eigenvalue weighted by Crippen LogP contribution is 2.28. The Bertz CT molecular complexity index is 847. The first kappa shape index (κ1) is 28.4. The fourth-order valence-corrected chi connectivity index (χ4v) is 4.39. The van der Waals surface area contributed by atoms with Gasteiger partial charge in [-0.05, 0) is 30.0 Å². The molecule has 0 aliphatic carbocycles. The fourth-order valence-electron chi connectivity index (χ4n) is 4.39. The molecular formula is C25H41N5O5. The minimum atomic E-state index is -0.598. The highest BCUT2D eigenvalue weighted by Gasteiger charge is 2.50. The molecule has 2 saturated heterocycles. The number of hydrogen-bond acceptors (Lipinski definition) is 6. The molecule has 2 fully saturated rings. The summed E-state index contributed by atoms with van der Waals surface area (Å²) in [7, 11) is 4.91. The van der Waals surface area contributed by atoms with Gasteiger partial charge in [0.05, 0.1) is 26.8 Å². The number of hydrogen-bond donors (Lipinski definition) is 1. The quantitative estimate of drug-likeness (QED) is 0.599. The van der Waals surface area contributed by atoms with E-state index in [1.165, 1.54) is 0 Å². The largest absolute Gasteiger partial charge is 0.497 e. The Kier molecular flexibility index (Phi) is 10.8. The van der Waals surface area contributed by atoms with Crippen molar-refractivity contribution in [2.75, 3.05) is 47.5 Å². The van der Waals surface area contributed by atoms with Crippen molar-refractivity contribution in [3.63, 3.8) is 0 Å². The summed E-state index contributed by atoms with van der Waals surface area (Å²) < 4.78 is 10.4. The van der Waals surface area contributed by atoms with E-state index in [0.29, 0.717) is 26.1 Å². The number of hydrazine groups is 1. The van der Waals surface area contributed by atoms with Crippen molar-refractivity contribution < 1.29 is 23.9 Å². The summed E-state index contributed by atoms with van der Waals surface area (Å²) in [6.07, 6.45) is -0.0410. The summed E-state index contributed by atoms with van der Waals surface area (Å²) in [5, 5.41) is 6.14. The van der Waals surface area contributed by atoms with Crippen molar-refractivity contribution in [1.29, 1.82) is 0 Å². The number of carbonyl (C=O) groups is 3. The third-order valence-corrected chi connectivity index (χ3v) is 6.01. The van der Waals surface area contributed by atoms with Crippen molar-refractivity contribution in [3.8, 4) is 5.75 Å². The molecule has 0 radical (unpaired) electrons. The van der Waals surface area contributed by atoms with Gasteiger partial charge in [0.2, 0.25) is 11.8 Å². The second-order valence-corrected chi connectivity index (χ2v) is 8.87. The third-order valence-electron chi connectivity index (χ3n) is 6.01. The molecule has 1 aromatic rings. The highest BCUT2D eigenvalue weighted by atomic mass is 16.5. The zero-order chi connectivity index (χ0) is 26.1. The lowest BCUT2D eigenvalue weighted by Crippen LogP contribution is -2.76. The molecular weight excluding hydrogens is 450 g/mol. The van der Waals surface area contributed by atoms with Crippen LogP contribution in [0.5, 0.6) is 5.75 Å². The number of ether oxygens (including phenoxy) is 2. The Morgan fingerprint density at radius 1 is 1.14 bits per heavy atom. The summed E-state index contributed by atoms with van der Waals surface area (Å²) >= 11 is 0. The van der Waals surface area contributed by atoms with Gasteiger partial charge >= 0.3 is 6.03 Å². The third kappa shape index (κ3) is 6.85. The Morgan fingerprint density at radius 2 is 1.80 bits per heavy atom. The second kappa shape index (κ2) is 13.3. The van der Waals surface area contributed by atoms with E-state index in [2.05, 4.69) is 5.32 Å². The van der Waals surface area contributed by atoms with Crippen LogP contribution in [0.1, 0.15) is 39.7 Å². The second-order valence-electron chi connectivity index (χ2n) is 8.87. The number of likely N-dealkylation sites (N-methyl/N-ethyl adjacent to an activating group) is 1. The molecule has 0 saturated carbocycles. The number of benzene rings is 1. The number of amides is 4. The number of urea groups is 1. The average molecular weight is 492 g/mol. The topological polar surface area (TPSA) is 94.7 Å². The van der Waals surface area contributed by atoms with Crippen molar-refractivity contribution in [2.45, 2.75) is 52.9 Å². The number of fused-ring (bicyclic) bond motifs is 1. The van der Waals surface area contributed by atoms with Crippen LogP contribution in [0.2, 0.25) is 0 Å². The van der Waals surface area contributed by atoms with E-state index in [4.69, 9.17) is 9.47 Å². The minimum absolute atomic E-state index is 0.0341. The number of methoxy groups -OCH3 is 2. The SMILES string of the molecule is CC.COCCN1CC2N(C(=O)CN(C)N2C(=O)NCc2ccc(OC)cc2)[C@@H](CC(C)C)C1=O. The number of rotatable bonds is 8. The molecule has 1 aromatic carbocycles. The number of nitrogens with one attached hydrogen (secondary N) is 1. The maximum absolute atomic E-state index is 13.3. The molecule has 10 nitrogen and oxygen atoms in total. The predicted octanol–water partition coefficient (Wildman–Crippen LogP) is 2.15. The first-order chi connectivity index (χ1) is 16.8. The van der Waals surface area contributed by atoms with Gasteiger partial charge in [0.1, 0.15) is 18.0 Å². The molecule has 10 heteroatoms. The summed E-state index contributed by atoms with van der Waals surface area (Å²) in [5.74, 6) is 0.724. The molecule has 3 rings (SSSR count). The van der Waals surface area contributed by atoms with Gasteiger partial charge in [0.25, 0.3) is 0 Å². The van der Waals surface area contributed by atoms with Gasteiger partial charge in [-0.25, -0.2) is 14.8 Å². The molecule has 1 N–H and O–H groups in total. The van der Waals surface area contributed by atoms with Gasteiger partial charge in [-0.2, -0.15) is 0 Å². The lowest BCUT2D eigenvalue weighted by molar-refractivity contribution is -0.188. The standard InChI is InChI=1S/C23H35N5O5.C2H6/c1-16(2)12-19-22(30)26(10-11-32-4)14-20-27(19)21(29)15-25(3)28(20)23(31)24-13-17-6-8-18(33-5)9-7-17;1-2/h6-9,16,19-20H,10-15H2,1-5H3,(H,24,31);1-2H3/t19-,20?;/m0./s1. The zero-order valence-electron chi connectivity index (χ0n) is 22.1. The Balaban J connectivity index is 0.00000210. The molecule has 1 unspecified atom stereocenters. The Hall–Kier alpha value is -2.85. The Labute approximate surface area is 209 Å². The van der Waals surface area contributed by atoms with Gasteiger partial charge < -0.3 is 24.6 Å². The van der Waals surface area contributed by atoms with E-state index >= 15 is 0 Å². The van der Waals surface area contributed by atoms with E-state index in [-0.39, 0.29) is 36.9 Å².